The Bertz CT molecular complexity index is 633. The molecule has 1 aromatic carbocycles. The molecule has 4 heteroatoms. The SMILES string of the molecule is CO.COC(=O)c1ccc(C2CCC3(C)CNCC=C3C2(C)C)cc1. The molecular weight excluding hydrogens is 314 g/mol. The summed E-state index contributed by atoms with van der Waals surface area (Å²) in [5, 5.41) is 10.5. The highest BCUT2D eigenvalue weighted by Crippen LogP contribution is 2.57. The van der Waals surface area contributed by atoms with Gasteiger partial charge in [-0.15, -0.1) is 0 Å². The van der Waals surface area contributed by atoms with Crippen LogP contribution in [-0.2, 0) is 4.74 Å². The van der Waals surface area contributed by atoms with Crippen molar-refractivity contribution in [2.45, 2.75) is 39.5 Å². The van der Waals surface area contributed by atoms with Crippen LogP contribution in [0.5, 0.6) is 0 Å². The zero-order valence-corrected chi connectivity index (χ0v) is 16.1. The van der Waals surface area contributed by atoms with E-state index in [1.807, 2.05) is 12.1 Å². The summed E-state index contributed by atoms with van der Waals surface area (Å²) in [6.07, 6.45) is 4.79. The Kier molecular flexibility index (Phi) is 6.07. The van der Waals surface area contributed by atoms with E-state index in [1.165, 1.54) is 25.5 Å². The number of hydrogen-bond acceptors (Lipinski definition) is 4. The molecule has 2 atom stereocenters. The Morgan fingerprint density at radius 3 is 2.44 bits per heavy atom. The lowest BCUT2D eigenvalue weighted by atomic mass is 9.54. The summed E-state index contributed by atoms with van der Waals surface area (Å²) < 4.78 is 4.79. The minimum absolute atomic E-state index is 0.141. The number of carbonyl (C=O) groups is 1. The van der Waals surface area contributed by atoms with Gasteiger partial charge in [-0.3, -0.25) is 0 Å². The van der Waals surface area contributed by atoms with Gasteiger partial charge in [-0.2, -0.15) is 0 Å². The fourth-order valence-corrected chi connectivity index (χ4v) is 4.69. The van der Waals surface area contributed by atoms with E-state index in [0.717, 1.165) is 20.2 Å². The van der Waals surface area contributed by atoms with Crippen molar-refractivity contribution in [2.24, 2.45) is 10.8 Å². The van der Waals surface area contributed by atoms with E-state index >= 15 is 0 Å². The standard InChI is InChI=1S/C20H27NO2.CH4O/c1-19(2)16(9-11-20(3)13-21-12-10-17(19)20)14-5-7-15(8-6-14)18(22)23-4;1-2/h5-8,10,16,21H,9,11-13H2,1-4H3;2H,1H3. The lowest BCUT2D eigenvalue weighted by molar-refractivity contribution is 0.0600. The highest BCUT2D eigenvalue weighted by Gasteiger charge is 2.47. The molecule has 1 saturated carbocycles. The van der Waals surface area contributed by atoms with Gasteiger partial charge in [-0.25, -0.2) is 4.79 Å². The maximum absolute atomic E-state index is 11.6. The second-order valence-corrected chi connectivity index (χ2v) is 7.74. The zero-order valence-electron chi connectivity index (χ0n) is 16.1. The molecule has 2 aliphatic rings. The number of benzene rings is 1. The second kappa shape index (κ2) is 7.71. The number of aliphatic hydroxyl groups excluding tert-OH is 1. The van der Waals surface area contributed by atoms with E-state index in [4.69, 9.17) is 9.84 Å². The van der Waals surface area contributed by atoms with Gasteiger partial charge >= 0.3 is 5.97 Å². The maximum Gasteiger partial charge on any atom is 0.337 e. The summed E-state index contributed by atoms with van der Waals surface area (Å²) in [7, 11) is 2.42. The number of methoxy groups -OCH3 is 1. The minimum Gasteiger partial charge on any atom is -0.465 e. The van der Waals surface area contributed by atoms with Gasteiger partial charge in [0.15, 0.2) is 0 Å². The van der Waals surface area contributed by atoms with Gasteiger partial charge in [0.05, 0.1) is 12.7 Å². The Balaban J connectivity index is 0.00000109. The third-order valence-electron chi connectivity index (χ3n) is 5.90. The number of nitrogens with one attached hydrogen (secondary N) is 1. The van der Waals surface area contributed by atoms with Crippen LogP contribution < -0.4 is 5.32 Å². The molecule has 1 aliphatic heterocycles. The molecule has 0 amide bonds. The van der Waals surface area contributed by atoms with E-state index in [0.29, 0.717) is 11.5 Å². The Morgan fingerprint density at radius 1 is 1.20 bits per heavy atom. The van der Waals surface area contributed by atoms with Crippen molar-refractivity contribution in [1.29, 1.82) is 0 Å². The number of carbonyl (C=O) groups excluding carboxylic acids is 1. The first-order valence-electron chi connectivity index (χ1n) is 8.93. The van der Waals surface area contributed by atoms with Gasteiger partial charge in [0.1, 0.15) is 0 Å². The van der Waals surface area contributed by atoms with Crippen molar-refractivity contribution >= 4 is 5.97 Å². The van der Waals surface area contributed by atoms with Crippen molar-refractivity contribution in [1.82, 2.24) is 5.32 Å². The van der Waals surface area contributed by atoms with E-state index in [1.54, 1.807) is 5.57 Å². The molecule has 138 valence electrons. The summed E-state index contributed by atoms with van der Waals surface area (Å²) in [5.74, 6) is 0.222. The smallest absolute Gasteiger partial charge is 0.337 e. The highest BCUT2D eigenvalue weighted by molar-refractivity contribution is 5.89. The molecule has 0 aromatic heterocycles. The lowest BCUT2D eigenvalue weighted by Gasteiger charge is -2.52. The van der Waals surface area contributed by atoms with Crippen LogP contribution in [0.2, 0.25) is 0 Å². The van der Waals surface area contributed by atoms with Gasteiger partial charge in [0.25, 0.3) is 0 Å². The number of rotatable bonds is 2. The third kappa shape index (κ3) is 3.65. The molecule has 1 heterocycles. The number of fused-ring (bicyclic) bond motifs is 1. The molecule has 25 heavy (non-hydrogen) atoms. The molecular formula is C21H31NO3. The van der Waals surface area contributed by atoms with Crippen LogP contribution in [0.25, 0.3) is 0 Å². The fraction of sp³-hybridized carbons (Fsp3) is 0.571. The first-order chi connectivity index (χ1) is 11.9. The molecule has 0 bridgehead atoms. The van der Waals surface area contributed by atoms with Gasteiger partial charge in [0.2, 0.25) is 0 Å². The zero-order chi connectivity index (χ0) is 18.7. The molecule has 4 nitrogen and oxygen atoms in total. The van der Waals surface area contributed by atoms with Crippen molar-refractivity contribution in [2.75, 3.05) is 27.3 Å². The summed E-state index contributed by atoms with van der Waals surface area (Å²) in [6, 6.07) is 7.98. The molecule has 2 unspecified atom stereocenters. The summed E-state index contributed by atoms with van der Waals surface area (Å²) >= 11 is 0. The predicted octanol–water partition coefficient (Wildman–Crippen LogP) is 3.52. The average molecular weight is 345 g/mol. The molecule has 1 aliphatic carbocycles. The van der Waals surface area contributed by atoms with Crippen LogP contribution >= 0.6 is 0 Å². The molecule has 0 saturated heterocycles. The summed E-state index contributed by atoms with van der Waals surface area (Å²) in [5.41, 5.74) is 3.96. The highest BCUT2D eigenvalue weighted by atomic mass is 16.5. The average Bonchev–Trinajstić information content (AvgIpc) is 2.62. The Hall–Kier alpha value is -1.65. The molecule has 3 rings (SSSR count). The number of hydrogen-bond donors (Lipinski definition) is 2. The Morgan fingerprint density at radius 2 is 1.84 bits per heavy atom. The van der Waals surface area contributed by atoms with E-state index in [9.17, 15) is 4.79 Å². The Labute approximate surface area is 151 Å². The van der Waals surface area contributed by atoms with E-state index in [2.05, 4.69) is 44.3 Å². The first-order valence-corrected chi connectivity index (χ1v) is 8.93. The predicted molar refractivity (Wildman–Crippen MR) is 101 cm³/mol. The maximum atomic E-state index is 11.6. The van der Waals surface area contributed by atoms with Crippen LogP contribution in [0.15, 0.2) is 35.9 Å². The third-order valence-corrected chi connectivity index (χ3v) is 5.90. The molecule has 1 aromatic rings. The monoisotopic (exact) mass is 345 g/mol. The first kappa shape index (κ1) is 19.7. The number of ether oxygens (including phenoxy) is 1. The molecule has 1 fully saturated rings. The molecule has 0 radical (unpaired) electrons. The van der Waals surface area contributed by atoms with Crippen molar-refractivity contribution < 1.29 is 14.6 Å². The quantitative estimate of drug-likeness (QED) is 0.636. The van der Waals surface area contributed by atoms with Crippen LogP contribution in [0.1, 0.15) is 55.5 Å². The van der Waals surface area contributed by atoms with Crippen molar-refractivity contribution in [3.05, 3.63) is 47.0 Å². The largest absolute Gasteiger partial charge is 0.465 e. The van der Waals surface area contributed by atoms with Crippen molar-refractivity contribution in [3.8, 4) is 0 Å². The molecule has 0 spiro atoms. The van der Waals surface area contributed by atoms with Crippen LogP contribution in [0.4, 0.5) is 0 Å². The van der Waals surface area contributed by atoms with Crippen LogP contribution in [0.3, 0.4) is 0 Å². The van der Waals surface area contributed by atoms with Crippen LogP contribution in [-0.4, -0.2) is 38.4 Å². The minimum atomic E-state index is -0.270. The molecule has 2 N–H and O–H groups in total. The second-order valence-electron chi connectivity index (χ2n) is 7.74. The van der Waals surface area contributed by atoms with E-state index in [-0.39, 0.29) is 16.8 Å². The van der Waals surface area contributed by atoms with Gasteiger partial charge in [-0.1, -0.05) is 44.6 Å². The normalized spacial score (nSPS) is 27.3. The fourth-order valence-electron chi connectivity index (χ4n) is 4.69. The number of aliphatic hydroxyl groups is 1. The van der Waals surface area contributed by atoms with Crippen molar-refractivity contribution in [3.63, 3.8) is 0 Å². The number of esters is 1. The van der Waals surface area contributed by atoms with Gasteiger partial charge in [0, 0.05) is 25.6 Å². The van der Waals surface area contributed by atoms with Gasteiger partial charge < -0.3 is 15.2 Å². The summed E-state index contributed by atoms with van der Waals surface area (Å²) in [6.45, 7) is 9.20. The summed E-state index contributed by atoms with van der Waals surface area (Å²) in [4.78, 5) is 11.6. The topological polar surface area (TPSA) is 58.6 Å². The lowest BCUT2D eigenvalue weighted by Crippen LogP contribution is -2.47. The van der Waals surface area contributed by atoms with E-state index < -0.39 is 0 Å². The van der Waals surface area contributed by atoms with Crippen LogP contribution in [0, 0.1) is 10.8 Å². The van der Waals surface area contributed by atoms with Gasteiger partial charge in [-0.05, 0) is 41.9 Å².